The van der Waals surface area contributed by atoms with Crippen molar-refractivity contribution in [2.45, 2.75) is 58.7 Å². The van der Waals surface area contributed by atoms with Crippen molar-refractivity contribution in [2.24, 2.45) is 23.2 Å². The van der Waals surface area contributed by atoms with Gasteiger partial charge in [0.05, 0.1) is 17.9 Å². The average molecular weight is 360 g/mol. The van der Waals surface area contributed by atoms with Gasteiger partial charge >= 0.3 is 5.97 Å². The van der Waals surface area contributed by atoms with Gasteiger partial charge in [-0.3, -0.25) is 9.59 Å². The standard InChI is InChI=1S/C21H28O5/c1-12-5-6-16-13(2)20(26-14(3)22)19(24)10-21(16,4)17(12)9-18(23)15-7-8-25-11-15/h7-8,11,13,16-17,19-20,24H,1,5-6,9-10H2,2-4H3/t13-,16+,17+,19+,20-,21+/m0/s1. The minimum atomic E-state index is -0.729. The van der Waals surface area contributed by atoms with E-state index in [0.717, 1.165) is 18.4 Å². The summed E-state index contributed by atoms with van der Waals surface area (Å²) in [7, 11) is 0. The second-order valence-corrected chi connectivity index (χ2v) is 8.21. The summed E-state index contributed by atoms with van der Waals surface area (Å²) < 4.78 is 10.5. The number of hydrogen-bond acceptors (Lipinski definition) is 5. The fourth-order valence-electron chi connectivity index (χ4n) is 5.35. The molecule has 0 bridgehead atoms. The zero-order chi connectivity index (χ0) is 19.1. The van der Waals surface area contributed by atoms with Crippen LogP contribution in [0.25, 0.3) is 0 Å². The molecule has 26 heavy (non-hydrogen) atoms. The minimum Gasteiger partial charge on any atom is -0.472 e. The molecule has 1 heterocycles. The number of ketones is 1. The first-order valence-electron chi connectivity index (χ1n) is 9.32. The molecule has 6 atom stereocenters. The molecule has 5 heteroatoms. The molecule has 0 amide bonds. The molecule has 1 aromatic heterocycles. The summed E-state index contributed by atoms with van der Waals surface area (Å²) in [6.45, 7) is 9.81. The van der Waals surface area contributed by atoms with Gasteiger partial charge in [-0.2, -0.15) is 0 Å². The van der Waals surface area contributed by atoms with Crippen LogP contribution in [0.3, 0.4) is 0 Å². The highest BCUT2D eigenvalue weighted by Gasteiger charge is 2.55. The molecule has 2 aliphatic carbocycles. The summed E-state index contributed by atoms with van der Waals surface area (Å²) in [5.74, 6) is -0.0263. The van der Waals surface area contributed by atoms with Crippen molar-refractivity contribution in [2.75, 3.05) is 0 Å². The van der Waals surface area contributed by atoms with Crippen LogP contribution in [0.5, 0.6) is 0 Å². The Morgan fingerprint density at radius 1 is 1.46 bits per heavy atom. The molecule has 2 fully saturated rings. The van der Waals surface area contributed by atoms with Crippen molar-refractivity contribution in [1.29, 1.82) is 0 Å². The highest BCUT2D eigenvalue weighted by molar-refractivity contribution is 5.96. The van der Waals surface area contributed by atoms with E-state index in [4.69, 9.17) is 9.15 Å². The molecule has 3 rings (SSSR count). The Kier molecular flexibility index (Phi) is 5.11. The number of Topliss-reactive ketones (excluding diaryl/α,β-unsaturated/α-hetero) is 1. The maximum atomic E-state index is 12.7. The number of aliphatic hydroxyl groups is 1. The van der Waals surface area contributed by atoms with Gasteiger partial charge in [0.15, 0.2) is 5.78 Å². The first-order chi connectivity index (χ1) is 12.2. The van der Waals surface area contributed by atoms with Gasteiger partial charge in [0.25, 0.3) is 0 Å². The van der Waals surface area contributed by atoms with Crippen molar-refractivity contribution in [3.63, 3.8) is 0 Å². The third-order valence-corrected chi connectivity index (χ3v) is 6.63. The molecule has 2 saturated carbocycles. The van der Waals surface area contributed by atoms with Crippen molar-refractivity contribution < 1.29 is 23.8 Å². The number of carbonyl (C=O) groups excluding carboxylic acids is 2. The van der Waals surface area contributed by atoms with Crippen LogP contribution in [0, 0.1) is 23.2 Å². The third kappa shape index (κ3) is 3.25. The van der Waals surface area contributed by atoms with Gasteiger partial charge in [-0.15, -0.1) is 0 Å². The van der Waals surface area contributed by atoms with E-state index in [9.17, 15) is 14.7 Å². The monoisotopic (exact) mass is 360 g/mol. The van der Waals surface area contributed by atoms with E-state index in [0.29, 0.717) is 18.4 Å². The molecule has 142 valence electrons. The largest absolute Gasteiger partial charge is 0.472 e. The van der Waals surface area contributed by atoms with Crippen LogP contribution in [0.2, 0.25) is 0 Å². The van der Waals surface area contributed by atoms with Gasteiger partial charge in [0.1, 0.15) is 12.4 Å². The summed E-state index contributed by atoms with van der Waals surface area (Å²) in [6, 6.07) is 1.68. The fraction of sp³-hybridized carbons (Fsp3) is 0.619. The van der Waals surface area contributed by atoms with Gasteiger partial charge < -0.3 is 14.3 Å². The molecule has 0 unspecified atom stereocenters. The maximum Gasteiger partial charge on any atom is 0.303 e. The number of ether oxygens (including phenoxy) is 1. The van der Waals surface area contributed by atoms with Crippen LogP contribution < -0.4 is 0 Å². The van der Waals surface area contributed by atoms with E-state index in [1.807, 2.05) is 6.92 Å². The zero-order valence-electron chi connectivity index (χ0n) is 15.7. The summed E-state index contributed by atoms with van der Waals surface area (Å²) in [6.07, 6.45) is 4.43. The first kappa shape index (κ1) is 18.9. The quantitative estimate of drug-likeness (QED) is 0.502. The van der Waals surface area contributed by atoms with Crippen LogP contribution >= 0.6 is 0 Å². The lowest BCUT2D eigenvalue weighted by Gasteiger charge is -2.56. The number of furan rings is 1. The minimum absolute atomic E-state index is 0.000900. The summed E-state index contributed by atoms with van der Waals surface area (Å²) >= 11 is 0. The van der Waals surface area contributed by atoms with E-state index < -0.39 is 12.2 Å². The topological polar surface area (TPSA) is 76.7 Å². The predicted octanol–water partition coefficient (Wildman–Crippen LogP) is 3.77. The molecule has 0 saturated heterocycles. The van der Waals surface area contributed by atoms with Gasteiger partial charge in [-0.25, -0.2) is 0 Å². The molecule has 1 N–H and O–H groups in total. The summed E-state index contributed by atoms with van der Waals surface area (Å²) in [5, 5.41) is 10.7. The molecule has 0 aromatic carbocycles. The molecule has 2 aliphatic rings. The number of allylic oxidation sites excluding steroid dienone is 1. The molecule has 0 aliphatic heterocycles. The Morgan fingerprint density at radius 3 is 2.81 bits per heavy atom. The lowest BCUT2D eigenvalue weighted by atomic mass is 9.50. The highest BCUT2D eigenvalue weighted by Crippen LogP contribution is 2.58. The average Bonchev–Trinajstić information content (AvgIpc) is 3.09. The van der Waals surface area contributed by atoms with Gasteiger partial charge in [-0.1, -0.05) is 26.0 Å². The van der Waals surface area contributed by atoms with Gasteiger partial charge in [0.2, 0.25) is 0 Å². The van der Waals surface area contributed by atoms with Crippen LogP contribution in [0.4, 0.5) is 0 Å². The van der Waals surface area contributed by atoms with Crippen LogP contribution in [-0.2, 0) is 9.53 Å². The predicted molar refractivity (Wildman–Crippen MR) is 96.5 cm³/mol. The molecular formula is C21H28O5. The number of rotatable bonds is 4. The van der Waals surface area contributed by atoms with Crippen LogP contribution in [0.1, 0.15) is 56.8 Å². The molecule has 5 nitrogen and oxygen atoms in total. The Hall–Kier alpha value is -1.88. The van der Waals surface area contributed by atoms with E-state index in [-0.39, 0.29) is 34.9 Å². The molecule has 1 aromatic rings. The maximum absolute atomic E-state index is 12.7. The smallest absolute Gasteiger partial charge is 0.303 e. The van der Waals surface area contributed by atoms with Gasteiger partial charge in [0, 0.05) is 13.3 Å². The Bertz CT molecular complexity index is 691. The van der Waals surface area contributed by atoms with Crippen LogP contribution in [-0.4, -0.2) is 29.1 Å². The number of fused-ring (bicyclic) bond motifs is 1. The number of hydrogen-bond donors (Lipinski definition) is 1. The first-order valence-corrected chi connectivity index (χ1v) is 9.32. The van der Waals surface area contributed by atoms with Crippen molar-refractivity contribution in [1.82, 2.24) is 0 Å². The summed E-state index contributed by atoms with van der Waals surface area (Å²) in [4.78, 5) is 24.1. The molecule has 0 radical (unpaired) electrons. The molecular weight excluding hydrogens is 332 g/mol. The van der Waals surface area contributed by atoms with Crippen molar-refractivity contribution in [3.8, 4) is 0 Å². The third-order valence-electron chi connectivity index (χ3n) is 6.63. The Labute approximate surface area is 154 Å². The lowest BCUT2D eigenvalue weighted by Crippen LogP contribution is -2.56. The van der Waals surface area contributed by atoms with Crippen LogP contribution in [0.15, 0.2) is 35.2 Å². The normalized spacial score (nSPS) is 37.1. The SMILES string of the molecule is C=C1CC[C@@H]2[C@H](C)[C@H](OC(C)=O)[C@H](O)C[C@@]2(C)[C@@H]1CC(=O)c1ccoc1. The zero-order valence-corrected chi connectivity index (χ0v) is 15.7. The number of carbonyl (C=O) groups is 2. The lowest BCUT2D eigenvalue weighted by molar-refractivity contribution is -0.179. The second-order valence-electron chi connectivity index (χ2n) is 8.21. The van der Waals surface area contributed by atoms with E-state index in [2.05, 4.69) is 13.5 Å². The van der Waals surface area contributed by atoms with Crippen molar-refractivity contribution in [3.05, 3.63) is 36.3 Å². The Balaban J connectivity index is 1.86. The van der Waals surface area contributed by atoms with Gasteiger partial charge in [-0.05, 0) is 48.5 Å². The fourth-order valence-corrected chi connectivity index (χ4v) is 5.35. The van der Waals surface area contributed by atoms with E-state index >= 15 is 0 Å². The van der Waals surface area contributed by atoms with E-state index in [1.165, 1.54) is 19.5 Å². The Morgan fingerprint density at radius 2 is 2.19 bits per heavy atom. The number of aliphatic hydroxyl groups excluding tert-OH is 1. The highest BCUT2D eigenvalue weighted by atomic mass is 16.6. The second kappa shape index (κ2) is 7.03. The summed E-state index contributed by atoms with van der Waals surface area (Å²) in [5.41, 5.74) is 1.40. The number of esters is 1. The van der Waals surface area contributed by atoms with Crippen molar-refractivity contribution >= 4 is 11.8 Å². The van der Waals surface area contributed by atoms with E-state index in [1.54, 1.807) is 6.07 Å². The molecule has 0 spiro atoms.